The third-order valence-corrected chi connectivity index (χ3v) is 7.41. The largest absolute Gasteiger partial charge is 0.353 e. The van der Waals surface area contributed by atoms with Gasteiger partial charge in [0.15, 0.2) is 0 Å². The molecule has 1 amide bonds. The van der Waals surface area contributed by atoms with E-state index < -0.39 is 0 Å². The van der Waals surface area contributed by atoms with Crippen molar-refractivity contribution in [3.05, 3.63) is 90.6 Å². The second-order valence-corrected chi connectivity index (χ2v) is 10.0. The second kappa shape index (κ2) is 13.0. The van der Waals surface area contributed by atoms with Gasteiger partial charge < -0.3 is 15.5 Å². The molecular weight excluding hydrogens is 573 g/mol. The van der Waals surface area contributed by atoms with Gasteiger partial charge in [0.05, 0.1) is 23.5 Å². The summed E-state index contributed by atoms with van der Waals surface area (Å²) in [5.41, 5.74) is 12.2. The summed E-state index contributed by atoms with van der Waals surface area (Å²) < 4.78 is 3.49. The predicted molar refractivity (Wildman–Crippen MR) is 167 cm³/mol. The van der Waals surface area contributed by atoms with E-state index in [1.807, 2.05) is 73.0 Å². The predicted octanol–water partition coefficient (Wildman–Crippen LogP) is 4.25. The van der Waals surface area contributed by atoms with E-state index >= 15 is 0 Å². The van der Waals surface area contributed by atoms with Crippen molar-refractivity contribution >= 4 is 42.1 Å². The van der Waals surface area contributed by atoms with Crippen molar-refractivity contribution in [1.29, 1.82) is 5.26 Å². The molecule has 0 bridgehead atoms. The summed E-state index contributed by atoms with van der Waals surface area (Å²) in [4.78, 5) is 21.7. The van der Waals surface area contributed by atoms with Crippen molar-refractivity contribution < 1.29 is 4.79 Å². The van der Waals surface area contributed by atoms with Gasteiger partial charge in [0.2, 0.25) is 5.91 Å². The molecule has 12 heteroatoms. The normalized spacial score (nSPS) is 13.6. The van der Waals surface area contributed by atoms with Crippen LogP contribution in [0.4, 0.5) is 5.82 Å². The van der Waals surface area contributed by atoms with Crippen LogP contribution in [0, 0.1) is 11.3 Å². The Morgan fingerprint density at radius 1 is 0.952 bits per heavy atom. The van der Waals surface area contributed by atoms with Crippen molar-refractivity contribution in [1.82, 2.24) is 29.3 Å². The zero-order valence-electron chi connectivity index (χ0n) is 23.0. The number of piperazine rings is 1. The molecule has 10 nitrogen and oxygen atoms in total. The molecule has 1 fully saturated rings. The fourth-order valence-electron chi connectivity index (χ4n) is 5.20. The number of pyridine rings is 2. The highest BCUT2D eigenvalue weighted by molar-refractivity contribution is 5.87. The molecule has 1 aliphatic heterocycles. The Morgan fingerprint density at radius 2 is 1.71 bits per heavy atom. The Balaban J connectivity index is 0.00000202. The van der Waals surface area contributed by atoms with Crippen LogP contribution in [0.2, 0.25) is 0 Å². The van der Waals surface area contributed by atoms with Crippen LogP contribution in [0.3, 0.4) is 0 Å². The van der Waals surface area contributed by atoms with Gasteiger partial charge in [-0.2, -0.15) is 15.5 Å². The molecule has 5 heterocycles. The number of aromatic nitrogens is 5. The lowest BCUT2D eigenvalue weighted by Gasteiger charge is -2.36. The number of nitriles is 1. The smallest absolute Gasteiger partial charge is 0.224 e. The number of halogens is 2. The maximum atomic E-state index is 12.9. The maximum absolute atomic E-state index is 12.9. The van der Waals surface area contributed by atoms with Gasteiger partial charge in [-0.1, -0.05) is 30.3 Å². The Hall–Kier alpha value is -4.43. The first-order valence-corrected chi connectivity index (χ1v) is 13.2. The van der Waals surface area contributed by atoms with Gasteiger partial charge in [-0.05, 0) is 23.8 Å². The Kier molecular flexibility index (Phi) is 9.48. The molecule has 42 heavy (non-hydrogen) atoms. The molecule has 5 aromatic rings. The van der Waals surface area contributed by atoms with Crippen LogP contribution in [-0.4, -0.2) is 61.4 Å². The van der Waals surface area contributed by atoms with Crippen molar-refractivity contribution in [2.45, 2.75) is 12.5 Å². The van der Waals surface area contributed by atoms with E-state index in [9.17, 15) is 10.1 Å². The molecule has 6 rings (SSSR count). The lowest BCUT2D eigenvalue weighted by Crippen LogP contribution is -2.49. The zero-order valence-corrected chi connectivity index (χ0v) is 24.6. The number of hydrogen-bond acceptors (Lipinski definition) is 7. The first kappa shape index (κ1) is 30.5. The van der Waals surface area contributed by atoms with Crippen LogP contribution in [0.5, 0.6) is 0 Å². The van der Waals surface area contributed by atoms with Gasteiger partial charge in [-0.3, -0.25) is 9.48 Å². The molecule has 0 saturated carbocycles. The van der Waals surface area contributed by atoms with Crippen LogP contribution in [0.1, 0.15) is 23.6 Å². The maximum Gasteiger partial charge on any atom is 0.224 e. The molecule has 1 aliphatic rings. The van der Waals surface area contributed by atoms with Gasteiger partial charge >= 0.3 is 0 Å². The first-order chi connectivity index (χ1) is 19.5. The molecule has 4 aromatic heterocycles. The van der Waals surface area contributed by atoms with Gasteiger partial charge in [0.25, 0.3) is 0 Å². The standard InChI is InChI=1S/C30H29N9O.2ClH/c1-36-19-25(18-34-36)23-13-26(30-24(15-31)17-35-39(30)20-23)22-7-8-28(33-16-22)37-9-11-38(12-10-37)29(40)14-27(32)21-5-3-2-4-6-21;;/h2-8,13,16-20,27H,9-12,14,32H2,1H3;2*1H/t27-;;/m0../s1. The van der Waals surface area contributed by atoms with Crippen LogP contribution in [0.15, 0.2) is 79.5 Å². The van der Waals surface area contributed by atoms with Crippen molar-refractivity contribution in [2.75, 3.05) is 31.1 Å². The molecule has 1 saturated heterocycles. The number of fused-ring (bicyclic) bond motifs is 1. The summed E-state index contributed by atoms with van der Waals surface area (Å²) >= 11 is 0. The van der Waals surface area contributed by atoms with Crippen LogP contribution < -0.4 is 10.6 Å². The summed E-state index contributed by atoms with van der Waals surface area (Å²) in [6.45, 7) is 2.64. The van der Waals surface area contributed by atoms with Gasteiger partial charge in [-0.25, -0.2) is 9.50 Å². The van der Waals surface area contributed by atoms with Gasteiger partial charge in [0.1, 0.15) is 11.9 Å². The van der Waals surface area contributed by atoms with Crippen LogP contribution in [-0.2, 0) is 11.8 Å². The number of carbonyl (C=O) groups excluding carboxylic acids is 1. The highest BCUT2D eigenvalue weighted by Gasteiger charge is 2.24. The van der Waals surface area contributed by atoms with E-state index in [0.717, 1.165) is 39.2 Å². The topological polar surface area (TPSA) is 121 Å². The lowest BCUT2D eigenvalue weighted by molar-refractivity contribution is -0.131. The number of nitrogens with two attached hydrogens (primary N) is 1. The number of nitrogens with zero attached hydrogens (tertiary/aromatic N) is 8. The highest BCUT2D eigenvalue weighted by Crippen LogP contribution is 2.32. The summed E-state index contributed by atoms with van der Waals surface area (Å²) in [6, 6.07) is 17.8. The number of aryl methyl sites for hydroxylation is 1. The van der Waals surface area contributed by atoms with E-state index in [1.54, 1.807) is 21.6 Å². The summed E-state index contributed by atoms with van der Waals surface area (Å²) in [6.07, 6.45) is 9.37. The Bertz CT molecular complexity index is 1700. The van der Waals surface area contributed by atoms with Gasteiger partial charge in [0, 0.05) is 86.5 Å². The molecule has 0 unspecified atom stereocenters. The summed E-state index contributed by atoms with van der Waals surface area (Å²) in [5, 5.41) is 18.4. The first-order valence-electron chi connectivity index (χ1n) is 13.2. The fraction of sp³-hybridized carbons (Fsp3) is 0.233. The Labute approximate surface area is 256 Å². The number of amides is 1. The van der Waals surface area contributed by atoms with Crippen molar-refractivity contribution in [3.63, 3.8) is 0 Å². The van der Waals surface area contributed by atoms with Crippen molar-refractivity contribution in [3.8, 4) is 28.3 Å². The number of rotatable bonds is 6. The third kappa shape index (κ3) is 6.09. The average molecular weight is 605 g/mol. The molecule has 216 valence electrons. The van der Waals surface area contributed by atoms with Crippen molar-refractivity contribution in [2.24, 2.45) is 12.8 Å². The molecule has 0 aliphatic carbocycles. The minimum atomic E-state index is -0.304. The van der Waals surface area contributed by atoms with Crippen LogP contribution in [0.25, 0.3) is 27.8 Å². The number of hydrogen-bond donors (Lipinski definition) is 1. The summed E-state index contributed by atoms with van der Waals surface area (Å²) in [5.74, 6) is 0.927. The van der Waals surface area contributed by atoms with E-state index in [2.05, 4.69) is 27.2 Å². The molecule has 2 N–H and O–H groups in total. The number of anilines is 1. The second-order valence-electron chi connectivity index (χ2n) is 10.0. The minimum absolute atomic E-state index is 0. The average Bonchev–Trinajstić information content (AvgIpc) is 3.63. The summed E-state index contributed by atoms with van der Waals surface area (Å²) in [7, 11) is 1.88. The lowest BCUT2D eigenvalue weighted by atomic mass is 10.0. The SMILES string of the molecule is Cl.Cl.Cn1cc(-c2cc(-c3ccc(N4CCN(C(=O)C[C@H](N)c5ccccc5)CC4)nc3)c3c(C#N)cnn3c2)cn1. The number of carbonyl (C=O) groups is 1. The number of benzene rings is 1. The molecule has 0 spiro atoms. The minimum Gasteiger partial charge on any atom is -0.353 e. The fourth-order valence-corrected chi connectivity index (χ4v) is 5.20. The van der Waals surface area contributed by atoms with E-state index in [-0.39, 0.29) is 36.8 Å². The zero-order chi connectivity index (χ0) is 27.6. The highest BCUT2D eigenvalue weighted by atomic mass is 35.5. The quantitative estimate of drug-likeness (QED) is 0.308. The molecular formula is C30H31Cl2N9O. The monoisotopic (exact) mass is 603 g/mol. The van der Waals surface area contributed by atoms with E-state index in [0.29, 0.717) is 38.2 Å². The third-order valence-electron chi connectivity index (χ3n) is 7.41. The van der Waals surface area contributed by atoms with Gasteiger partial charge in [-0.15, -0.1) is 24.8 Å². The Morgan fingerprint density at radius 3 is 2.36 bits per heavy atom. The molecule has 0 radical (unpaired) electrons. The van der Waals surface area contributed by atoms with E-state index in [4.69, 9.17) is 10.7 Å². The molecule has 1 atom stereocenters. The van der Waals surface area contributed by atoms with E-state index in [1.165, 1.54) is 0 Å². The van der Waals surface area contributed by atoms with Crippen LogP contribution >= 0.6 is 24.8 Å². The molecule has 1 aromatic carbocycles.